The number of benzene rings is 3. The molecule has 2 unspecified atom stereocenters. The van der Waals surface area contributed by atoms with Crippen LogP contribution in [0.5, 0.6) is 11.5 Å². The minimum Gasteiger partial charge on any atom is -0.493 e. The molecular weight excluding hydrogens is 770 g/mol. The fraction of sp³-hybridized carbons (Fsp3) is 0.366. The summed E-state index contributed by atoms with van der Waals surface area (Å²) < 4.78 is 41.2. The van der Waals surface area contributed by atoms with Crippen molar-refractivity contribution in [3.05, 3.63) is 95.2 Å². The third kappa shape index (κ3) is 9.05. The Morgan fingerprint density at radius 1 is 0.932 bits per heavy atom. The third-order valence-electron chi connectivity index (χ3n) is 10.8. The van der Waals surface area contributed by atoms with Crippen molar-refractivity contribution in [2.45, 2.75) is 63.4 Å². The first-order chi connectivity index (χ1) is 28.3. The van der Waals surface area contributed by atoms with E-state index >= 15 is 0 Å². The topological polar surface area (TPSA) is 194 Å². The van der Waals surface area contributed by atoms with Gasteiger partial charge in [-0.15, -0.1) is 5.10 Å². The number of aromatic nitrogens is 3. The molecule has 3 aromatic carbocycles. The van der Waals surface area contributed by atoms with Gasteiger partial charge in [-0.2, -0.15) is 0 Å². The number of amides is 5. The summed E-state index contributed by atoms with van der Waals surface area (Å²) in [5.74, 6) is -8.40. The third-order valence-corrected chi connectivity index (χ3v) is 10.8. The summed E-state index contributed by atoms with van der Waals surface area (Å²) in [6.07, 6.45) is 0.616. The zero-order valence-electron chi connectivity index (χ0n) is 32.3. The molecule has 0 saturated carbocycles. The van der Waals surface area contributed by atoms with E-state index in [1.54, 1.807) is 27.8 Å². The molecule has 2 fully saturated rings. The first kappa shape index (κ1) is 40.5. The average molecular weight is 813 g/mol. The number of hydrogen-bond acceptors (Lipinski definition) is 10. The van der Waals surface area contributed by atoms with Crippen LogP contribution in [-0.2, 0) is 54.9 Å². The molecule has 7 rings (SSSR count). The van der Waals surface area contributed by atoms with Crippen LogP contribution in [0.4, 0.5) is 8.78 Å². The second kappa shape index (κ2) is 17.0. The Morgan fingerprint density at radius 3 is 2.47 bits per heavy atom. The highest BCUT2D eigenvalue weighted by Crippen LogP contribution is 2.33. The Morgan fingerprint density at radius 2 is 1.71 bits per heavy atom. The van der Waals surface area contributed by atoms with Crippen LogP contribution in [0.1, 0.15) is 41.5 Å². The molecular formula is C41H42F2N8O8. The average Bonchev–Trinajstić information content (AvgIpc) is 4.04. The van der Waals surface area contributed by atoms with Crippen molar-refractivity contribution in [3.63, 3.8) is 0 Å². The number of carbonyl (C=O) groups is 6. The predicted molar refractivity (Wildman–Crippen MR) is 204 cm³/mol. The molecule has 2 saturated heterocycles. The smallest absolute Gasteiger partial charge is 0.289 e. The molecule has 18 heteroatoms. The minimum absolute atomic E-state index is 0.0319. The van der Waals surface area contributed by atoms with E-state index in [1.165, 1.54) is 14.2 Å². The molecule has 4 aromatic rings. The molecule has 0 bridgehead atoms. The van der Waals surface area contributed by atoms with E-state index in [4.69, 9.17) is 9.47 Å². The molecule has 59 heavy (non-hydrogen) atoms. The van der Waals surface area contributed by atoms with Gasteiger partial charge >= 0.3 is 0 Å². The number of fused-ring (bicyclic) bond motifs is 1. The van der Waals surface area contributed by atoms with Gasteiger partial charge in [0.2, 0.25) is 29.4 Å². The zero-order valence-corrected chi connectivity index (χ0v) is 32.3. The molecule has 5 amide bonds. The Bertz CT molecular complexity index is 2290. The van der Waals surface area contributed by atoms with Crippen molar-refractivity contribution in [2.24, 2.45) is 5.92 Å². The summed E-state index contributed by atoms with van der Waals surface area (Å²) in [6, 6.07) is 17.5. The summed E-state index contributed by atoms with van der Waals surface area (Å²) in [4.78, 5) is 80.6. The second-order valence-corrected chi connectivity index (χ2v) is 14.7. The van der Waals surface area contributed by atoms with Gasteiger partial charge < -0.3 is 35.2 Å². The van der Waals surface area contributed by atoms with Crippen molar-refractivity contribution >= 4 is 35.3 Å². The van der Waals surface area contributed by atoms with E-state index in [0.29, 0.717) is 41.6 Å². The quantitative estimate of drug-likeness (QED) is 0.159. The molecule has 0 spiro atoms. The van der Waals surface area contributed by atoms with Crippen molar-refractivity contribution in [2.75, 3.05) is 27.3 Å². The minimum atomic E-state index is -3.45. The first-order valence-electron chi connectivity index (χ1n) is 18.9. The van der Waals surface area contributed by atoms with Crippen molar-refractivity contribution in [1.82, 2.24) is 40.7 Å². The highest BCUT2D eigenvalue weighted by Gasteiger charge is 2.51. The SMILES string of the molecule is COc1ccc(CNC(=O)C(=O)C2CC(F)(F)CN2C(=O)CNC(=O)C2C[C@@H](CC(=O)N3Cc4cccc(Cn5cc(-c6ccccc6)nn5)c4C3)C(=O)N2)cc1OC. The number of halogens is 2. The van der Waals surface area contributed by atoms with Gasteiger partial charge in [0.15, 0.2) is 11.5 Å². The van der Waals surface area contributed by atoms with Gasteiger partial charge in [-0.25, -0.2) is 13.5 Å². The lowest BCUT2D eigenvalue weighted by Gasteiger charge is -2.23. The summed E-state index contributed by atoms with van der Waals surface area (Å²) in [5.41, 5.74) is 5.18. The van der Waals surface area contributed by atoms with Gasteiger partial charge in [0.1, 0.15) is 17.8 Å². The first-order valence-corrected chi connectivity index (χ1v) is 18.9. The normalized spacial score (nSPS) is 19.2. The number of ketones is 1. The van der Waals surface area contributed by atoms with Gasteiger partial charge in [-0.3, -0.25) is 28.8 Å². The molecule has 0 radical (unpaired) electrons. The number of Topliss-reactive ketones (excluding diaryl/α,β-unsaturated/α-hetero) is 1. The number of carbonyl (C=O) groups excluding carboxylic acids is 6. The molecule has 3 aliphatic heterocycles. The van der Waals surface area contributed by atoms with Crippen LogP contribution in [0.15, 0.2) is 72.9 Å². The Balaban J connectivity index is 0.891. The van der Waals surface area contributed by atoms with Gasteiger partial charge in [0, 0.05) is 44.0 Å². The van der Waals surface area contributed by atoms with E-state index in [-0.39, 0.29) is 25.3 Å². The zero-order chi connectivity index (χ0) is 41.8. The Kier molecular flexibility index (Phi) is 11.7. The highest BCUT2D eigenvalue weighted by atomic mass is 19.3. The fourth-order valence-electron chi connectivity index (χ4n) is 7.65. The molecule has 4 heterocycles. The number of ether oxygens (including phenoxy) is 2. The van der Waals surface area contributed by atoms with Crippen LogP contribution in [0.3, 0.4) is 0 Å². The molecule has 3 N–H and O–H groups in total. The predicted octanol–water partition coefficient (Wildman–Crippen LogP) is 1.99. The summed E-state index contributed by atoms with van der Waals surface area (Å²) in [5, 5.41) is 15.9. The van der Waals surface area contributed by atoms with E-state index in [1.807, 2.05) is 54.7 Å². The van der Waals surface area contributed by atoms with Gasteiger partial charge in [-0.1, -0.05) is 59.8 Å². The second-order valence-electron chi connectivity index (χ2n) is 14.7. The molecule has 308 valence electrons. The van der Waals surface area contributed by atoms with Crippen LogP contribution in [0, 0.1) is 5.92 Å². The number of nitrogens with zero attached hydrogens (tertiary/aromatic N) is 5. The molecule has 3 atom stereocenters. The largest absolute Gasteiger partial charge is 0.493 e. The van der Waals surface area contributed by atoms with E-state index < -0.39 is 72.8 Å². The summed E-state index contributed by atoms with van der Waals surface area (Å²) >= 11 is 0. The summed E-state index contributed by atoms with van der Waals surface area (Å²) in [7, 11) is 2.88. The van der Waals surface area contributed by atoms with Crippen LogP contribution in [-0.4, -0.2) is 105 Å². The van der Waals surface area contributed by atoms with Crippen LogP contribution >= 0.6 is 0 Å². The maximum atomic E-state index is 14.5. The van der Waals surface area contributed by atoms with Crippen molar-refractivity contribution < 1.29 is 47.0 Å². The van der Waals surface area contributed by atoms with Gasteiger partial charge in [0.05, 0.1) is 40.1 Å². The number of methoxy groups -OCH3 is 2. The monoisotopic (exact) mass is 812 g/mol. The Hall–Kier alpha value is -6.72. The van der Waals surface area contributed by atoms with Gasteiger partial charge in [-0.05, 0) is 40.8 Å². The Labute approximate surface area is 337 Å². The fourth-order valence-corrected chi connectivity index (χ4v) is 7.65. The van der Waals surface area contributed by atoms with Gasteiger partial charge in [0.25, 0.3) is 11.8 Å². The van der Waals surface area contributed by atoms with E-state index in [9.17, 15) is 37.5 Å². The molecule has 1 aromatic heterocycles. The number of likely N-dealkylation sites (tertiary alicyclic amines) is 1. The van der Waals surface area contributed by atoms with Crippen LogP contribution in [0.2, 0.25) is 0 Å². The number of nitrogens with one attached hydrogen (secondary N) is 3. The maximum absolute atomic E-state index is 14.5. The molecule has 16 nitrogen and oxygen atoms in total. The van der Waals surface area contributed by atoms with Crippen LogP contribution < -0.4 is 25.4 Å². The maximum Gasteiger partial charge on any atom is 0.289 e. The number of alkyl halides is 2. The van der Waals surface area contributed by atoms with E-state index in [0.717, 1.165) is 27.9 Å². The lowest BCUT2D eigenvalue weighted by atomic mass is 10.00. The number of hydrogen-bond donors (Lipinski definition) is 3. The standard InChI is InChI=1S/C41H42F2N8O8/c1-58-33-12-11-24(13-34(33)59-2)17-44-40(57)37(54)32-16-41(42,43)23-51(32)36(53)18-45-39(56)30-14-28(38(55)46-30)15-35(52)49-19-26-9-6-10-27(29(26)21-49)20-50-22-31(47-48-50)25-7-4-3-5-8-25/h3-13,22,28,30,32H,14-21,23H2,1-2H3,(H,44,57)(H,45,56)(H,46,55)/t28-,30?,32?/m0/s1. The lowest BCUT2D eigenvalue weighted by molar-refractivity contribution is -0.144. The van der Waals surface area contributed by atoms with Crippen LogP contribution in [0.25, 0.3) is 11.3 Å². The highest BCUT2D eigenvalue weighted by molar-refractivity contribution is 6.38. The summed E-state index contributed by atoms with van der Waals surface area (Å²) in [6.45, 7) is -0.881. The number of rotatable bonds is 14. The lowest BCUT2D eigenvalue weighted by Crippen LogP contribution is -2.51. The molecule has 3 aliphatic rings. The van der Waals surface area contributed by atoms with Crippen molar-refractivity contribution in [1.29, 1.82) is 0 Å². The van der Waals surface area contributed by atoms with Crippen molar-refractivity contribution in [3.8, 4) is 22.8 Å². The molecule has 0 aliphatic carbocycles. The van der Waals surface area contributed by atoms with E-state index in [2.05, 4.69) is 26.3 Å².